The molecule has 2 atom stereocenters. The zero-order valence-corrected chi connectivity index (χ0v) is 21.0. The zero-order valence-electron chi connectivity index (χ0n) is 21.0. The topological polar surface area (TPSA) is 56.3 Å². The van der Waals surface area contributed by atoms with Crippen LogP contribution in [0.25, 0.3) is 0 Å². The number of hydrogen-bond donors (Lipinski definition) is 4. The van der Waals surface area contributed by atoms with Crippen molar-refractivity contribution in [3.05, 3.63) is 72.9 Å². The van der Waals surface area contributed by atoms with Gasteiger partial charge in [-0.05, 0) is 95.6 Å². The minimum absolute atomic E-state index is 0.254. The van der Waals surface area contributed by atoms with Gasteiger partial charge in [-0.2, -0.15) is 0 Å². The largest absolute Gasteiger partial charge is 0.396 e. The first-order valence-electron chi connectivity index (χ1n) is 12.2. The summed E-state index contributed by atoms with van der Waals surface area (Å²) in [6.07, 6.45) is 18.4. The molecule has 0 amide bonds. The summed E-state index contributed by atoms with van der Waals surface area (Å²) < 4.78 is 0. The van der Waals surface area contributed by atoms with E-state index >= 15 is 0 Å². The molecule has 0 aromatic carbocycles. The lowest BCUT2D eigenvalue weighted by molar-refractivity contribution is 0.283. The van der Waals surface area contributed by atoms with E-state index < -0.39 is 0 Å². The van der Waals surface area contributed by atoms with Crippen LogP contribution >= 0.6 is 0 Å². The van der Waals surface area contributed by atoms with Crippen molar-refractivity contribution in [2.45, 2.75) is 71.4 Å². The fourth-order valence-electron chi connectivity index (χ4n) is 3.57. The van der Waals surface area contributed by atoms with Gasteiger partial charge in [0.15, 0.2) is 0 Å². The lowest BCUT2D eigenvalue weighted by Crippen LogP contribution is -2.35. The van der Waals surface area contributed by atoms with E-state index in [9.17, 15) is 0 Å². The molecule has 0 saturated carbocycles. The molecular weight excluding hydrogens is 394 g/mol. The molecule has 0 bridgehead atoms. The van der Waals surface area contributed by atoms with E-state index in [0.717, 1.165) is 81.4 Å². The lowest BCUT2D eigenvalue weighted by atomic mass is 10.0. The van der Waals surface area contributed by atoms with Gasteiger partial charge in [0.1, 0.15) is 0 Å². The molecule has 0 fully saturated rings. The van der Waals surface area contributed by atoms with Gasteiger partial charge in [0.2, 0.25) is 0 Å². The summed E-state index contributed by atoms with van der Waals surface area (Å²) in [5.41, 5.74) is 3.37. The van der Waals surface area contributed by atoms with Crippen LogP contribution < -0.4 is 16.0 Å². The zero-order chi connectivity index (χ0) is 24.0. The van der Waals surface area contributed by atoms with Crippen LogP contribution in [0.5, 0.6) is 0 Å². The van der Waals surface area contributed by atoms with Crippen LogP contribution in [-0.2, 0) is 0 Å². The first-order chi connectivity index (χ1) is 15.5. The summed E-state index contributed by atoms with van der Waals surface area (Å²) in [6.45, 7) is 22.5. The standard InChI is InChI=1S/C28H49N3O/c1-7-14-24(4)23-29-19-12-17-27(25(5)15-8-2)31-21-13-18-28(26(6)16-9-3)30-20-10-11-22-32/h7-9,14-16,27-32H,4-6,10-13,17-23H2,1-3H3/b14-7-,15-8-,16-9-. The Bertz CT molecular complexity index is 604. The van der Waals surface area contributed by atoms with Gasteiger partial charge in [-0.1, -0.05) is 56.2 Å². The van der Waals surface area contributed by atoms with Crippen LogP contribution in [0.4, 0.5) is 0 Å². The second-order valence-corrected chi connectivity index (χ2v) is 8.21. The summed E-state index contributed by atoms with van der Waals surface area (Å²) in [6, 6.07) is 0.569. The second-order valence-electron chi connectivity index (χ2n) is 8.21. The normalized spacial score (nSPS) is 13.9. The third-order valence-corrected chi connectivity index (χ3v) is 5.29. The maximum atomic E-state index is 8.98. The number of hydrogen-bond acceptors (Lipinski definition) is 4. The maximum absolute atomic E-state index is 8.98. The molecule has 0 aliphatic heterocycles. The van der Waals surface area contributed by atoms with Gasteiger partial charge in [-0.3, -0.25) is 0 Å². The molecule has 0 aliphatic carbocycles. The van der Waals surface area contributed by atoms with E-state index in [4.69, 9.17) is 5.11 Å². The fourth-order valence-corrected chi connectivity index (χ4v) is 3.57. The molecule has 0 aromatic rings. The Hall–Kier alpha value is -1.72. The highest BCUT2D eigenvalue weighted by Gasteiger charge is 2.12. The molecule has 0 spiro atoms. The highest BCUT2D eigenvalue weighted by atomic mass is 16.2. The van der Waals surface area contributed by atoms with Crippen molar-refractivity contribution in [1.29, 1.82) is 0 Å². The number of allylic oxidation sites excluding steroid dienone is 3. The molecule has 0 aliphatic rings. The van der Waals surface area contributed by atoms with E-state index in [-0.39, 0.29) is 12.6 Å². The van der Waals surface area contributed by atoms with Crippen molar-refractivity contribution in [2.24, 2.45) is 0 Å². The van der Waals surface area contributed by atoms with Gasteiger partial charge in [0.25, 0.3) is 0 Å². The third kappa shape index (κ3) is 16.0. The quantitative estimate of drug-likeness (QED) is 0.145. The molecule has 0 aromatic heterocycles. The Balaban J connectivity index is 4.49. The number of unbranched alkanes of at least 4 members (excludes halogenated alkanes) is 1. The number of nitrogens with one attached hydrogen (secondary N) is 3. The Kier molecular flexibility index (Phi) is 20.0. The molecule has 0 radical (unpaired) electrons. The van der Waals surface area contributed by atoms with Crippen LogP contribution in [0, 0.1) is 0 Å². The van der Waals surface area contributed by atoms with Crippen molar-refractivity contribution < 1.29 is 5.11 Å². The van der Waals surface area contributed by atoms with Crippen LogP contribution in [0.1, 0.15) is 59.3 Å². The summed E-state index contributed by atoms with van der Waals surface area (Å²) in [7, 11) is 0. The monoisotopic (exact) mass is 443 g/mol. The van der Waals surface area contributed by atoms with E-state index in [0.29, 0.717) is 6.04 Å². The molecule has 0 heterocycles. The lowest BCUT2D eigenvalue weighted by Gasteiger charge is -2.22. The van der Waals surface area contributed by atoms with Crippen molar-refractivity contribution >= 4 is 0 Å². The predicted octanol–water partition coefficient (Wildman–Crippen LogP) is 5.22. The average Bonchev–Trinajstić information content (AvgIpc) is 2.76. The van der Waals surface area contributed by atoms with Crippen molar-refractivity contribution in [3.63, 3.8) is 0 Å². The van der Waals surface area contributed by atoms with Crippen LogP contribution in [0.2, 0.25) is 0 Å². The summed E-state index contributed by atoms with van der Waals surface area (Å²) in [5.74, 6) is 0. The van der Waals surface area contributed by atoms with E-state index in [2.05, 4.69) is 53.9 Å². The van der Waals surface area contributed by atoms with Gasteiger partial charge in [-0.25, -0.2) is 0 Å². The van der Waals surface area contributed by atoms with Gasteiger partial charge in [0, 0.05) is 25.2 Å². The Morgan fingerprint density at radius 1 is 0.719 bits per heavy atom. The number of aliphatic hydroxyl groups excluding tert-OH is 1. The third-order valence-electron chi connectivity index (χ3n) is 5.29. The molecule has 4 heteroatoms. The van der Waals surface area contributed by atoms with Crippen LogP contribution in [0.3, 0.4) is 0 Å². The molecule has 182 valence electrons. The molecule has 0 rings (SSSR count). The summed E-state index contributed by atoms with van der Waals surface area (Å²) in [4.78, 5) is 0. The van der Waals surface area contributed by atoms with Crippen LogP contribution in [0.15, 0.2) is 72.9 Å². The molecule has 4 N–H and O–H groups in total. The Labute approximate surface area is 198 Å². The molecule has 2 unspecified atom stereocenters. The fraction of sp³-hybridized carbons (Fsp3) is 0.571. The summed E-state index contributed by atoms with van der Waals surface area (Å²) in [5, 5.41) is 19.8. The van der Waals surface area contributed by atoms with E-state index in [1.807, 2.05) is 39.0 Å². The minimum Gasteiger partial charge on any atom is -0.396 e. The molecule has 0 saturated heterocycles. The first kappa shape index (κ1) is 30.3. The second kappa shape index (κ2) is 21.1. The van der Waals surface area contributed by atoms with Crippen molar-refractivity contribution in [1.82, 2.24) is 16.0 Å². The smallest absolute Gasteiger partial charge is 0.0431 e. The van der Waals surface area contributed by atoms with Crippen molar-refractivity contribution in [3.8, 4) is 0 Å². The average molecular weight is 444 g/mol. The molecule has 4 nitrogen and oxygen atoms in total. The highest BCUT2D eigenvalue weighted by Crippen LogP contribution is 2.12. The van der Waals surface area contributed by atoms with Gasteiger partial charge < -0.3 is 21.1 Å². The van der Waals surface area contributed by atoms with Crippen molar-refractivity contribution in [2.75, 3.05) is 32.8 Å². The Morgan fingerprint density at radius 2 is 1.22 bits per heavy atom. The SMILES string of the molecule is C=C(/C=C\C)CNCCCC(NCCCC(NCCCCO)C(=C)/C=C\C)C(=C)/C=C\C. The number of aliphatic hydroxyl groups is 1. The molecular formula is C28H49N3O. The van der Waals surface area contributed by atoms with Crippen LogP contribution in [-0.4, -0.2) is 50.0 Å². The summed E-state index contributed by atoms with van der Waals surface area (Å²) >= 11 is 0. The Morgan fingerprint density at radius 3 is 1.72 bits per heavy atom. The van der Waals surface area contributed by atoms with Gasteiger partial charge >= 0.3 is 0 Å². The minimum atomic E-state index is 0.254. The highest BCUT2D eigenvalue weighted by molar-refractivity contribution is 5.21. The van der Waals surface area contributed by atoms with E-state index in [1.165, 1.54) is 0 Å². The maximum Gasteiger partial charge on any atom is 0.0431 e. The van der Waals surface area contributed by atoms with Gasteiger partial charge in [-0.15, -0.1) is 0 Å². The van der Waals surface area contributed by atoms with Gasteiger partial charge in [0.05, 0.1) is 0 Å². The number of rotatable bonds is 21. The predicted molar refractivity (Wildman–Crippen MR) is 143 cm³/mol. The molecule has 32 heavy (non-hydrogen) atoms. The van der Waals surface area contributed by atoms with E-state index in [1.54, 1.807) is 0 Å². The first-order valence-corrected chi connectivity index (χ1v) is 12.2.